The average Bonchev–Trinajstić information content (AvgIpc) is 2.39. The predicted molar refractivity (Wildman–Crippen MR) is 60.6 cm³/mol. The van der Waals surface area contributed by atoms with Crippen molar-refractivity contribution in [3.05, 3.63) is 41.8 Å². The van der Waals surface area contributed by atoms with Gasteiger partial charge in [-0.1, -0.05) is 0 Å². The van der Waals surface area contributed by atoms with Crippen molar-refractivity contribution in [3.8, 4) is 6.07 Å². The maximum absolute atomic E-state index is 12.0. The number of hydrogen-bond donors (Lipinski definition) is 0. The Morgan fingerprint density at radius 3 is 2.38 bits per heavy atom. The Labute approximate surface area is 95.3 Å². The van der Waals surface area contributed by atoms with Gasteiger partial charge in [0.2, 0.25) is 0 Å². The number of nitriles is 1. The SMILES string of the molecule is N#Cc1ccc(C(=O)N2CC[CH]CC2)cc1. The Kier molecular flexibility index (Phi) is 3.21. The van der Waals surface area contributed by atoms with Crippen LogP contribution in [0, 0.1) is 17.8 Å². The minimum absolute atomic E-state index is 0.0672. The summed E-state index contributed by atoms with van der Waals surface area (Å²) in [6.45, 7) is 1.61. The summed E-state index contributed by atoms with van der Waals surface area (Å²) in [4.78, 5) is 13.9. The number of amides is 1. The van der Waals surface area contributed by atoms with E-state index in [-0.39, 0.29) is 5.91 Å². The van der Waals surface area contributed by atoms with E-state index < -0.39 is 0 Å². The van der Waals surface area contributed by atoms with Gasteiger partial charge < -0.3 is 4.90 Å². The van der Waals surface area contributed by atoms with Crippen LogP contribution >= 0.6 is 0 Å². The third kappa shape index (κ3) is 2.22. The molecule has 0 aromatic heterocycles. The molecule has 3 heteroatoms. The van der Waals surface area contributed by atoms with E-state index in [1.54, 1.807) is 24.3 Å². The molecule has 0 spiro atoms. The number of rotatable bonds is 1. The predicted octanol–water partition coefficient (Wildman–Crippen LogP) is 2.00. The smallest absolute Gasteiger partial charge is 0.253 e. The zero-order valence-electron chi connectivity index (χ0n) is 9.02. The van der Waals surface area contributed by atoms with E-state index in [4.69, 9.17) is 5.26 Å². The molecule has 0 aliphatic carbocycles. The number of nitrogens with zero attached hydrogens (tertiary/aromatic N) is 2. The molecule has 2 rings (SSSR count). The summed E-state index contributed by atoms with van der Waals surface area (Å²) in [6, 6.07) is 8.85. The maximum Gasteiger partial charge on any atom is 0.253 e. The normalized spacial score (nSPS) is 15.6. The van der Waals surface area contributed by atoms with Crippen LogP contribution in [0.5, 0.6) is 0 Å². The lowest BCUT2D eigenvalue weighted by molar-refractivity contribution is 0.0742. The van der Waals surface area contributed by atoms with Gasteiger partial charge in [-0.15, -0.1) is 0 Å². The molecule has 1 saturated heterocycles. The highest BCUT2D eigenvalue weighted by Crippen LogP contribution is 2.13. The van der Waals surface area contributed by atoms with Crippen LogP contribution in [0.15, 0.2) is 24.3 Å². The standard InChI is InChI=1S/C13H13N2O/c14-10-11-4-6-12(7-5-11)13(16)15-8-2-1-3-9-15/h1,4-7H,2-3,8-9H2. The first kappa shape index (κ1) is 10.7. The Morgan fingerprint density at radius 1 is 1.19 bits per heavy atom. The lowest BCUT2D eigenvalue weighted by Gasteiger charge is -2.26. The van der Waals surface area contributed by atoms with E-state index >= 15 is 0 Å². The molecule has 1 aliphatic heterocycles. The van der Waals surface area contributed by atoms with Crippen molar-refractivity contribution in [2.24, 2.45) is 0 Å². The van der Waals surface area contributed by atoms with Crippen LogP contribution in [0.4, 0.5) is 0 Å². The molecule has 1 aliphatic rings. The second kappa shape index (κ2) is 4.80. The topological polar surface area (TPSA) is 44.1 Å². The Bertz CT molecular complexity index is 411. The molecule has 1 aromatic rings. The molecule has 0 N–H and O–H groups in total. The lowest BCUT2D eigenvalue weighted by atomic mass is 10.1. The van der Waals surface area contributed by atoms with Gasteiger partial charge in [-0.25, -0.2) is 0 Å². The van der Waals surface area contributed by atoms with Crippen molar-refractivity contribution in [1.82, 2.24) is 4.90 Å². The molecule has 1 fully saturated rings. The molecular formula is C13H13N2O. The molecule has 16 heavy (non-hydrogen) atoms. The summed E-state index contributed by atoms with van der Waals surface area (Å²) in [5.74, 6) is 0.0672. The Hall–Kier alpha value is -1.82. The molecule has 1 amide bonds. The van der Waals surface area contributed by atoms with Crippen LogP contribution < -0.4 is 0 Å². The fourth-order valence-corrected chi connectivity index (χ4v) is 1.82. The summed E-state index contributed by atoms with van der Waals surface area (Å²) in [7, 11) is 0. The highest BCUT2D eigenvalue weighted by atomic mass is 16.2. The number of carbonyl (C=O) groups is 1. The number of piperidine rings is 1. The number of carbonyl (C=O) groups excluding carboxylic acids is 1. The third-order valence-corrected chi connectivity index (χ3v) is 2.75. The first-order valence-electron chi connectivity index (χ1n) is 5.42. The molecule has 0 atom stereocenters. The molecule has 0 unspecified atom stereocenters. The average molecular weight is 213 g/mol. The van der Waals surface area contributed by atoms with Gasteiger partial charge in [-0.2, -0.15) is 5.26 Å². The summed E-state index contributed by atoms with van der Waals surface area (Å²) < 4.78 is 0. The van der Waals surface area contributed by atoms with Crippen LogP contribution in [0.2, 0.25) is 0 Å². The van der Waals surface area contributed by atoms with E-state index in [9.17, 15) is 4.79 Å². The van der Waals surface area contributed by atoms with Crippen LogP contribution in [0.25, 0.3) is 0 Å². The van der Waals surface area contributed by atoms with Gasteiger partial charge in [0.1, 0.15) is 0 Å². The first-order valence-corrected chi connectivity index (χ1v) is 5.42. The molecule has 81 valence electrons. The van der Waals surface area contributed by atoms with E-state index in [0.717, 1.165) is 25.9 Å². The number of hydrogen-bond acceptors (Lipinski definition) is 2. The summed E-state index contributed by atoms with van der Waals surface area (Å²) in [5, 5.41) is 8.67. The third-order valence-electron chi connectivity index (χ3n) is 2.75. The van der Waals surface area contributed by atoms with Crippen molar-refractivity contribution in [1.29, 1.82) is 5.26 Å². The second-order valence-electron chi connectivity index (χ2n) is 3.85. The fourth-order valence-electron chi connectivity index (χ4n) is 1.82. The van der Waals surface area contributed by atoms with Crippen molar-refractivity contribution in [3.63, 3.8) is 0 Å². The van der Waals surface area contributed by atoms with E-state index in [1.165, 1.54) is 0 Å². The van der Waals surface area contributed by atoms with Crippen molar-refractivity contribution in [2.45, 2.75) is 12.8 Å². The molecular weight excluding hydrogens is 200 g/mol. The van der Waals surface area contributed by atoms with E-state index in [2.05, 4.69) is 6.42 Å². The highest BCUT2D eigenvalue weighted by molar-refractivity contribution is 5.94. The zero-order valence-corrected chi connectivity index (χ0v) is 9.02. The van der Waals surface area contributed by atoms with Crippen molar-refractivity contribution >= 4 is 5.91 Å². The molecule has 1 radical (unpaired) electrons. The Morgan fingerprint density at radius 2 is 1.81 bits per heavy atom. The lowest BCUT2D eigenvalue weighted by Crippen LogP contribution is -2.35. The van der Waals surface area contributed by atoms with Gasteiger partial charge >= 0.3 is 0 Å². The maximum atomic E-state index is 12.0. The molecule has 0 bridgehead atoms. The highest BCUT2D eigenvalue weighted by Gasteiger charge is 2.17. The number of likely N-dealkylation sites (tertiary alicyclic amines) is 1. The van der Waals surface area contributed by atoms with Crippen LogP contribution in [0.1, 0.15) is 28.8 Å². The number of benzene rings is 1. The minimum Gasteiger partial charge on any atom is -0.339 e. The van der Waals surface area contributed by atoms with Gasteiger partial charge in [0.15, 0.2) is 0 Å². The van der Waals surface area contributed by atoms with Crippen LogP contribution in [-0.4, -0.2) is 23.9 Å². The monoisotopic (exact) mass is 213 g/mol. The molecule has 3 nitrogen and oxygen atoms in total. The summed E-state index contributed by atoms with van der Waals surface area (Å²) in [5.41, 5.74) is 1.25. The zero-order chi connectivity index (χ0) is 11.4. The van der Waals surface area contributed by atoms with Gasteiger partial charge in [-0.05, 0) is 43.5 Å². The fraction of sp³-hybridized carbons (Fsp3) is 0.308. The van der Waals surface area contributed by atoms with E-state index in [0.29, 0.717) is 11.1 Å². The van der Waals surface area contributed by atoms with E-state index in [1.807, 2.05) is 11.0 Å². The summed E-state index contributed by atoms with van der Waals surface area (Å²) >= 11 is 0. The van der Waals surface area contributed by atoms with Crippen LogP contribution in [-0.2, 0) is 0 Å². The van der Waals surface area contributed by atoms with Crippen molar-refractivity contribution < 1.29 is 4.79 Å². The minimum atomic E-state index is 0.0672. The summed E-state index contributed by atoms with van der Waals surface area (Å²) in [6.07, 6.45) is 4.16. The van der Waals surface area contributed by atoms with Gasteiger partial charge in [0.25, 0.3) is 5.91 Å². The molecule has 0 saturated carbocycles. The molecule has 1 aromatic carbocycles. The second-order valence-corrected chi connectivity index (χ2v) is 3.85. The van der Waals surface area contributed by atoms with Crippen molar-refractivity contribution in [2.75, 3.05) is 13.1 Å². The van der Waals surface area contributed by atoms with Gasteiger partial charge in [0, 0.05) is 18.7 Å². The van der Waals surface area contributed by atoms with Gasteiger partial charge in [-0.3, -0.25) is 4.79 Å². The van der Waals surface area contributed by atoms with Gasteiger partial charge in [0.05, 0.1) is 11.6 Å². The largest absolute Gasteiger partial charge is 0.339 e. The Balaban J connectivity index is 2.11. The quantitative estimate of drug-likeness (QED) is 0.716. The molecule has 1 heterocycles. The van der Waals surface area contributed by atoms with Crippen LogP contribution in [0.3, 0.4) is 0 Å². The first-order chi connectivity index (χ1) is 7.81.